The zero-order valence-electron chi connectivity index (χ0n) is 37.3. The number of benzene rings is 3. The molecule has 0 unspecified atom stereocenters. The van der Waals surface area contributed by atoms with Crippen LogP contribution in [0.4, 0.5) is 28.4 Å². The minimum absolute atomic E-state index is 0.0316. The van der Waals surface area contributed by atoms with Gasteiger partial charge in [0, 0.05) is 80.3 Å². The first-order chi connectivity index (χ1) is 31.7. The highest BCUT2D eigenvalue weighted by atomic mass is 35.5. The quantitative estimate of drug-likeness (QED) is 0.0849. The number of hydrogen-bond donors (Lipinski definition) is 3. The second-order valence-electron chi connectivity index (χ2n) is 19.4. The van der Waals surface area contributed by atoms with E-state index in [9.17, 15) is 23.3 Å². The van der Waals surface area contributed by atoms with Gasteiger partial charge in [0.1, 0.15) is 23.6 Å². The summed E-state index contributed by atoms with van der Waals surface area (Å²) in [6, 6.07) is 21.3. The van der Waals surface area contributed by atoms with Gasteiger partial charge >= 0.3 is 0 Å². The molecular formula is C49H55ClN8O7S. The number of amides is 1. The van der Waals surface area contributed by atoms with E-state index in [1.54, 1.807) is 12.3 Å². The van der Waals surface area contributed by atoms with Crippen molar-refractivity contribution in [3.8, 4) is 5.88 Å². The van der Waals surface area contributed by atoms with Crippen LogP contribution in [0.2, 0.25) is 5.02 Å². The fourth-order valence-electron chi connectivity index (χ4n) is 10.6. The number of aromatic nitrogens is 2. The Kier molecular flexibility index (Phi) is 11.7. The zero-order chi connectivity index (χ0) is 45.8. The third-order valence-electron chi connectivity index (χ3n) is 14.3. The van der Waals surface area contributed by atoms with Crippen molar-refractivity contribution < 1.29 is 27.6 Å². The van der Waals surface area contributed by atoms with Gasteiger partial charge < -0.3 is 29.6 Å². The van der Waals surface area contributed by atoms with Gasteiger partial charge in [0.25, 0.3) is 21.6 Å². The van der Waals surface area contributed by atoms with E-state index in [0.717, 1.165) is 99.8 Å². The fraction of sp³-hybridized carbons (Fsp3) is 0.429. The van der Waals surface area contributed by atoms with E-state index in [4.69, 9.17) is 26.1 Å². The summed E-state index contributed by atoms with van der Waals surface area (Å²) in [5.41, 5.74) is 7.20. The first kappa shape index (κ1) is 44.2. The van der Waals surface area contributed by atoms with Crippen LogP contribution in [0.25, 0.3) is 16.6 Å². The predicted octanol–water partition coefficient (Wildman–Crippen LogP) is 8.93. The highest BCUT2D eigenvalue weighted by Gasteiger charge is 2.45. The minimum Gasteiger partial charge on any atom is -0.474 e. The third kappa shape index (κ3) is 8.95. The van der Waals surface area contributed by atoms with Crippen LogP contribution in [0.15, 0.2) is 89.5 Å². The van der Waals surface area contributed by atoms with Gasteiger partial charge in [-0.1, -0.05) is 43.2 Å². The van der Waals surface area contributed by atoms with Crippen LogP contribution in [0, 0.1) is 20.9 Å². The number of nitrogens with zero attached hydrogens (tertiary/aromatic N) is 5. The molecule has 5 aliphatic rings. The minimum atomic E-state index is -4.56. The fourth-order valence-corrected chi connectivity index (χ4v) is 11.7. The van der Waals surface area contributed by atoms with E-state index in [1.165, 1.54) is 28.8 Å². The van der Waals surface area contributed by atoms with Gasteiger partial charge in [-0.05, 0) is 122 Å². The summed E-state index contributed by atoms with van der Waals surface area (Å²) in [5.74, 6) is -0.481. The summed E-state index contributed by atoms with van der Waals surface area (Å²) in [6.07, 6.45) is 8.66. The topological polar surface area (TPSA) is 175 Å². The number of H-pyrrole nitrogens is 1. The lowest BCUT2D eigenvalue weighted by molar-refractivity contribution is -0.384. The van der Waals surface area contributed by atoms with Gasteiger partial charge in [-0.15, -0.1) is 0 Å². The van der Waals surface area contributed by atoms with E-state index >= 15 is 0 Å². The number of piperazine rings is 1. The maximum atomic E-state index is 14.4. The van der Waals surface area contributed by atoms with E-state index in [0.29, 0.717) is 42.7 Å². The standard InChI is InChI=1S/C49H55ClN8O7S/c1-48(2)13-11-34(40(30-48)32-3-5-35(50)6-4-32)31-55-17-19-56(20-18-55)37-7-9-39(42(26-37)57-21-24-65-47-44(57)25-33-12-16-51-45(33)53-47)46(59)54-66(62,63)38-8-10-41(43(27-38)58(60)61)52-36-28-49(29-36)14-22-64-23-15-49/h3-10,12,16,25-27,36,52H,11,13-15,17-24,28-31H2,1-2H3,(H,51,53)(H,54,59). The molecule has 15 nitrogen and oxygen atoms in total. The Morgan fingerprint density at radius 3 is 2.47 bits per heavy atom. The Hall–Kier alpha value is -5.68. The van der Waals surface area contributed by atoms with E-state index in [1.807, 2.05) is 41.3 Å². The lowest BCUT2D eigenvalue weighted by atomic mass is 9.61. The molecule has 346 valence electrons. The second kappa shape index (κ2) is 17.5. The molecule has 5 heterocycles. The summed E-state index contributed by atoms with van der Waals surface area (Å²) in [7, 11) is -4.56. The molecule has 1 spiro atoms. The Morgan fingerprint density at radius 1 is 0.939 bits per heavy atom. The molecule has 5 aromatic rings. The molecule has 0 bridgehead atoms. The number of nitrogens with one attached hydrogen (secondary N) is 3. The molecular weight excluding hydrogens is 880 g/mol. The summed E-state index contributed by atoms with van der Waals surface area (Å²) < 4.78 is 41.7. The molecule has 3 fully saturated rings. The maximum absolute atomic E-state index is 14.4. The smallest absolute Gasteiger partial charge is 0.293 e. The van der Waals surface area contributed by atoms with Crippen molar-refractivity contribution in [1.82, 2.24) is 19.6 Å². The van der Waals surface area contributed by atoms with Crippen LogP contribution in [-0.2, 0) is 14.8 Å². The molecule has 2 aliphatic carbocycles. The van der Waals surface area contributed by atoms with Crippen LogP contribution in [0.1, 0.15) is 74.7 Å². The van der Waals surface area contributed by atoms with Crippen molar-refractivity contribution >= 4 is 72.6 Å². The van der Waals surface area contributed by atoms with E-state index in [2.05, 4.69) is 50.8 Å². The van der Waals surface area contributed by atoms with Crippen molar-refractivity contribution in [1.29, 1.82) is 0 Å². The zero-order valence-corrected chi connectivity index (χ0v) is 38.8. The van der Waals surface area contributed by atoms with Gasteiger partial charge in [0.05, 0.1) is 27.6 Å². The van der Waals surface area contributed by atoms with Crippen molar-refractivity contribution in [2.24, 2.45) is 10.8 Å². The Morgan fingerprint density at radius 2 is 1.71 bits per heavy atom. The van der Waals surface area contributed by atoms with E-state index < -0.39 is 20.9 Å². The molecule has 0 radical (unpaired) electrons. The number of sulfonamides is 1. The predicted molar refractivity (Wildman–Crippen MR) is 257 cm³/mol. The molecule has 2 aromatic heterocycles. The monoisotopic (exact) mass is 934 g/mol. The highest BCUT2D eigenvalue weighted by Crippen LogP contribution is 2.50. The molecule has 10 rings (SSSR count). The third-order valence-corrected chi connectivity index (χ3v) is 15.9. The Labute approximate surface area is 389 Å². The number of carbonyl (C=O) groups excluding carboxylic acids is 1. The molecule has 3 aliphatic heterocycles. The molecule has 3 aromatic carbocycles. The number of pyridine rings is 1. The first-order valence-electron chi connectivity index (χ1n) is 22.9. The number of nitro groups is 1. The molecule has 1 saturated carbocycles. The number of ether oxygens (including phenoxy) is 2. The summed E-state index contributed by atoms with van der Waals surface area (Å²) >= 11 is 6.27. The molecule has 17 heteroatoms. The number of nitro benzene ring substituents is 1. The summed E-state index contributed by atoms with van der Waals surface area (Å²) in [4.78, 5) is 40.3. The number of aromatic amines is 1. The molecule has 0 atom stereocenters. The van der Waals surface area contributed by atoms with Crippen LogP contribution < -0.4 is 24.6 Å². The average Bonchev–Trinajstić information content (AvgIpc) is 3.76. The second-order valence-corrected chi connectivity index (χ2v) is 21.5. The van der Waals surface area contributed by atoms with Crippen molar-refractivity contribution in [3.63, 3.8) is 0 Å². The SMILES string of the molecule is CC1(C)CCC(CN2CCN(c3ccc(C(=O)NS(=O)(=O)c4ccc(NC5CC6(CCOCC6)C5)c([N+](=O)[O-])c4)c(N4CCOc5nc6[nH]ccc6cc54)c3)CC2)=C(c2ccc(Cl)cc2)C1. The molecule has 3 N–H and O–H groups in total. The molecule has 66 heavy (non-hydrogen) atoms. The lowest BCUT2D eigenvalue weighted by Crippen LogP contribution is -2.48. The number of fused-ring (bicyclic) bond motifs is 2. The highest BCUT2D eigenvalue weighted by molar-refractivity contribution is 7.90. The van der Waals surface area contributed by atoms with Gasteiger partial charge in [-0.2, -0.15) is 4.98 Å². The van der Waals surface area contributed by atoms with Gasteiger partial charge in [-0.25, -0.2) is 13.1 Å². The van der Waals surface area contributed by atoms with E-state index in [-0.39, 0.29) is 45.3 Å². The number of allylic oxidation sites excluding steroid dienone is 1. The molecule has 1 amide bonds. The van der Waals surface area contributed by atoms with Gasteiger partial charge in [0.2, 0.25) is 5.88 Å². The number of rotatable bonds is 11. The normalized spacial score (nSPS) is 19.9. The van der Waals surface area contributed by atoms with Crippen molar-refractivity contribution in [3.05, 3.63) is 111 Å². The van der Waals surface area contributed by atoms with Gasteiger partial charge in [-0.3, -0.25) is 19.8 Å². The van der Waals surface area contributed by atoms with Crippen LogP contribution in [-0.4, -0.2) is 99.2 Å². The first-order valence-corrected chi connectivity index (χ1v) is 24.7. The number of hydrogen-bond acceptors (Lipinski definition) is 12. The number of carbonyl (C=O) groups is 1. The average molecular weight is 936 g/mol. The largest absolute Gasteiger partial charge is 0.474 e. The van der Waals surface area contributed by atoms with Crippen LogP contribution in [0.5, 0.6) is 5.88 Å². The van der Waals surface area contributed by atoms with Crippen LogP contribution in [0.3, 0.4) is 0 Å². The number of anilines is 4. The maximum Gasteiger partial charge on any atom is 0.293 e. The number of halogens is 1. The lowest BCUT2D eigenvalue weighted by Gasteiger charge is -2.50. The van der Waals surface area contributed by atoms with Crippen LogP contribution >= 0.6 is 11.6 Å². The summed E-state index contributed by atoms with van der Waals surface area (Å²) in [6.45, 7) is 10.8. The molecule has 2 saturated heterocycles. The van der Waals surface area contributed by atoms with Crippen molar-refractivity contribution in [2.75, 3.05) is 74.2 Å². The Bertz CT molecular complexity index is 2830. The van der Waals surface area contributed by atoms with Crippen molar-refractivity contribution in [2.45, 2.75) is 69.7 Å². The van der Waals surface area contributed by atoms with Gasteiger partial charge in [0.15, 0.2) is 0 Å². The Balaban J connectivity index is 0.901. The summed E-state index contributed by atoms with van der Waals surface area (Å²) in [5, 5.41) is 17.2.